The molecule has 7 heteroatoms. The molecule has 0 atom stereocenters. The molecule has 0 saturated carbocycles. The van der Waals surface area contributed by atoms with Gasteiger partial charge in [0.25, 0.3) is 5.91 Å². The fraction of sp³-hybridized carbons (Fsp3) is 0.267. The molecule has 2 rings (SSSR count). The predicted molar refractivity (Wildman–Crippen MR) is 91.8 cm³/mol. The molecule has 5 nitrogen and oxygen atoms in total. The van der Waals surface area contributed by atoms with Gasteiger partial charge >= 0.3 is 0 Å². The molecule has 1 aromatic carbocycles. The summed E-state index contributed by atoms with van der Waals surface area (Å²) >= 11 is 4.60. The lowest BCUT2D eigenvalue weighted by molar-refractivity contribution is -0.117. The van der Waals surface area contributed by atoms with E-state index in [1.807, 2.05) is 25.1 Å². The van der Waals surface area contributed by atoms with Crippen LogP contribution in [0, 0.1) is 0 Å². The van der Waals surface area contributed by atoms with E-state index in [4.69, 9.17) is 4.74 Å². The van der Waals surface area contributed by atoms with Crippen LogP contribution < -0.4 is 10.1 Å². The number of nitrogens with zero attached hydrogens (tertiary/aromatic N) is 1. The van der Waals surface area contributed by atoms with Gasteiger partial charge in [-0.05, 0) is 57.9 Å². The Balaban J connectivity index is 2.12. The van der Waals surface area contributed by atoms with Crippen LogP contribution in [0.25, 0.3) is 6.08 Å². The molecule has 0 fully saturated rings. The van der Waals surface area contributed by atoms with Gasteiger partial charge in [-0.25, -0.2) is 0 Å². The number of hydrogen-bond donors (Lipinski definition) is 1. The Kier molecular flexibility index (Phi) is 5.79. The SMILES string of the molecule is CCCOc1ccc(/C=C2\SC(NC(C)=O)=NC2=O)cc1Br. The van der Waals surface area contributed by atoms with E-state index in [1.165, 1.54) is 6.92 Å². The van der Waals surface area contributed by atoms with Crippen molar-refractivity contribution in [1.82, 2.24) is 5.32 Å². The zero-order valence-electron chi connectivity index (χ0n) is 12.2. The van der Waals surface area contributed by atoms with Gasteiger partial charge in [0.05, 0.1) is 16.0 Å². The third-order valence-corrected chi connectivity index (χ3v) is 4.14. The summed E-state index contributed by atoms with van der Waals surface area (Å²) < 4.78 is 6.41. The topological polar surface area (TPSA) is 67.8 Å². The van der Waals surface area contributed by atoms with Gasteiger partial charge in [0.2, 0.25) is 5.91 Å². The highest BCUT2D eigenvalue weighted by Gasteiger charge is 2.22. The van der Waals surface area contributed by atoms with E-state index in [0.29, 0.717) is 16.7 Å². The smallest absolute Gasteiger partial charge is 0.286 e. The van der Waals surface area contributed by atoms with Gasteiger partial charge < -0.3 is 10.1 Å². The van der Waals surface area contributed by atoms with Crippen LogP contribution in [0.15, 0.2) is 32.6 Å². The van der Waals surface area contributed by atoms with Crippen LogP contribution in [0.4, 0.5) is 0 Å². The molecule has 1 heterocycles. The second kappa shape index (κ2) is 7.60. The summed E-state index contributed by atoms with van der Waals surface area (Å²) in [5.74, 6) is 0.168. The second-order valence-electron chi connectivity index (χ2n) is 4.55. The molecular formula is C15H15BrN2O3S. The second-order valence-corrected chi connectivity index (χ2v) is 6.44. The van der Waals surface area contributed by atoms with Crippen molar-refractivity contribution in [3.05, 3.63) is 33.1 Å². The number of hydrogen-bond acceptors (Lipinski definition) is 4. The van der Waals surface area contributed by atoms with Crippen molar-refractivity contribution in [3.8, 4) is 5.75 Å². The van der Waals surface area contributed by atoms with E-state index >= 15 is 0 Å². The summed E-state index contributed by atoms with van der Waals surface area (Å²) in [6.45, 7) is 4.07. The minimum atomic E-state index is -0.351. The number of thioether (sulfide) groups is 1. The van der Waals surface area contributed by atoms with Crippen LogP contribution in [0.2, 0.25) is 0 Å². The van der Waals surface area contributed by atoms with E-state index in [2.05, 4.69) is 26.2 Å². The quantitative estimate of drug-likeness (QED) is 0.810. The normalized spacial score (nSPS) is 15.9. The molecule has 2 amide bonds. The number of ether oxygens (including phenoxy) is 1. The number of benzene rings is 1. The van der Waals surface area contributed by atoms with Crippen molar-refractivity contribution in [3.63, 3.8) is 0 Å². The Morgan fingerprint density at radius 3 is 2.91 bits per heavy atom. The van der Waals surface area contributed by atoms with E-state index in [-0.39, 0.29) is 11.8 Å². The van der Waals surface area contributed by atoms with Crippen molar-refractivity contribution in [1.29, 1.82) is 0 Å². The number of nitrogens with one attached hydrogen (secondary N) is 1. The minimum absolute atomic E-state index is 0.250. The van der Waals surface area contributed by atoms with Gasteiger partial charge in [0.15, 0.2) is 5.17 Å². The molecule has 22 heavy (non-hydrogen) atoms. The third kappa shape index (κ3) is 4.45. The molecular weight excluding hydrogens is 368 g/mol. The molecule has 0 aliphatic carbocycles. The number of rotatable bonds is 4. The average molecular weight is 383 g/mol. The Bertz CT molecular complexity index is 671. The summed E-state index contributed by atoms with van der Waals surface area (Å²) in [7, 11) is 0. The zero-order valence-corrected chi connectivity index (χ0v) is 14.6. The van der Waals surface area contributed by atoms with Crippen molar-refractivity contribution >= 4 is 50.7 Å². The Hall–Kier alpha value is -1.60. The molecule has 0 saturated heterocycles. The first kappa shape index (κ1) is 16.8. The lowest BCUT2D eigenvalue weighted by atomic mass is 10.2. The summed E-state index contributed by atoms with van der Waals surface area (Å²) in [5, 5.41) is 2.83. The molecule has 1 aliphatic heterocycles. The van der Waals surface area contributed by atoms with Crippen LogP contribution in [0.5, 0.6) is 5.75 Å². The van der Waals surface area contributed by atoms with Crippen LogP contribution in [-0.2, 0) is 9.59 Å². The molecule has 116 valence electrons. The maximum atomic E-state index is 11.8. The molecule has 1 N–H and O–H groups in total. The van der Waals surface area contributed by atoms with Gasteiger partial charge in [0, 0.05) is 6.92 Å². The predicted octanol–water partition coefficient (Wildman–Crippen LogP) is 3.34. The van der Waals surface area contributed by atoms with E-state index < -0.39 is 0 Å². The summed E-state index contributed by atoms with van der Waals surface area (Å²) in [4.78, 5) is 27.0. The fourth-order valence-electron chi connectivity index (χ4n) is 1.70. The van der Waals surface area contributed by atoms with Crippen LogP contribution in [-0.4, -0.2) is 23.6 Å². The minimum Gasteiger partial charge on any atom is -0.492 e. The number of carbonyl (C=O) groups excluding carboxylic acids is 2. The van der Waals surface area contributed by atoms with Crippen molar-refractivity contribution in [2.45, 2.75) is 20.3 Å². The summed E-state index contributed by atoms with van der Waals surface area (Å²) in [5.41, 5.74) is 0.853. The largest absolute Gasteiger partial charge is 0.492 e. The summed E-state index contributed by atoms with van der Waals surface area (Å²) in [6.07, 6.45) is 2.67. The van der Waals surface area contributed by atoms with E-state index in [1.54, 1.807) is 6.08 Å². The van der Waals surface area contributed by atoms with Crippen LogP contribution in [0.1, 0.15) is 25.8 Å². The highest BCUT2D eigenvalue weighted by atomic mass is 79.9. The maximum Gasteiger partial charge on any atom is 0.286 e. The highest BCUT2D eigenvalue weighted by Crippen LogP contribution is 2.31. The molecule has 0 aromatic heterocycles. The highest BCUT2D eigenvalue weighted by molar-refractivity contribution is 9.10. The monoisotopic (exact) mass is 382 g/mol. The number of carbonyl (C=O) groups is 2. The first-order chi connectivity index (χ1) is 10.5. The summed E-state index contributed by atoms with van der Waals surface area (Å²) in [6, 6.07) is 5.60. The van der Waals surface area contributed by atoms with E-state index in [0.717, 1.165) is 34.0 Å². The number of amidine groups is 1. The van der Waals surface area contributed by atoms with Gasteiger partial charge in [-0.15, -0.1) is 0 Å². The molecule has 0 spiro atoms. The van der Waals surface area contributed by atoms with E-state index in [9.17, 15) is 9.59 Å². The first-order valence-corrected chi connectivity index (χ1v) is 8.33. The molecule has 0 bridgehead atoms. The van der Waals surface area contributed by atoms with Gasteiger partial charge in [-0.3, -0.25) is 9.59 Å². The average Bonchev–Trinajstić information content (AvgIpc) is 2.77. The van der Waals surface area contributed by atoms with Crippen molar-refractivity contribution < 1.29 is 14.3 Å². The molecule has 1 aliphatic rings. The van der Waals surface area contributed by atoms with Gasteiger partial charge in [-0.1, -0.05) is 13.0 Å². The zero-order chi connectivity index (χ0) is 16.1. The Morgan fingerprint density at radius 1 is 1.50 bits per heavy atom. The molecule has 0 unspecified atom stereocenters. The van der Waals surface area contributed by atoms with Crippen LogP contribution in [0.3, 0.4) is 0 Å². The number of halogens is 1. The standard InChI is InChI=1S/C15H15BrN2O3S/c1-3-6-21-12-5-4-10(7-11(12)16)8-13-14(20)18-15(22-13)17-9(2)19/h4-5,7-8H,3,6H2,1-2H3,(H,17,18,19,20)/b13-8-. The molecule has 0 radical (unpaired) electrons. The number of amides is 2. The van der Waals surface area contributed by atoms with Gasteiger partial charge in [-0.2, -0.15) is 4.99 Å². The Morgan fingerprint density at radius 2 is 2.27 bits per heavy atom. The third-order valence-electron chi connectivity index (χ3n) is 2.62. The molecule has 1 aromatic rings. The van der Waals surface area contributed by atoms with Gasteiger partial charge in [0.1, 0.15) is 5.75 Å². The fourth-order valence-corrected chi connectivity index (χ4v) is 3.07. The first-order valence-electron chi connectivity index (χ1n) is 6.72. The van der Waals surface area contributed by atoms with Crippen molar-refractivity contribution in [2.24, 2.45) is 4.99 Å². The maximum absolute atomic E-state index is 11.8. The number of aliphatic imine (C=N–C) groups is 1. The van der Waals surface area contributed by atoms with Crippen molar-refractivity contribution in [2.75, 3.05) is 6.61 Å². The Labute approximate surface area is 141 Å². The lowest BCUT2D eigenvalue weighted by Crippen LogP contribution is -2.23. The lowest BCUT2D eigenvalue weighted by Gasteiger charge is -2.07. The van der Waals surface area contributed by atoms with Crippen LogP contribution >= 0.6 is 27.7 Å².